The van der Waals surface area contributed by atoms with Crippen molar-refractivity contribution < 1.29 is 14.3 Å². The standard InChI is InChI=1S/C17H20N4O3S/c1-11-17(23)20(8-13-4-6-14(24-3)7-5-13)10-16(22)21(11)9-15-19-18-12(2)25-15/h4-7,11H,8-10H2,1-3H3/t11-/m0/s1. The van der Waals surface area contributed by atoms with E-state index in [0.29, 0.717) is 13.1 Å². The summed E-state index contributed by atoms with van der Waals surface area (Å²) in [6.07, 6.45) is 0. The van der Waals surface area contributed by atoms with E-state index in [4.69, 9.17) is 4.74 Å². The zero-order chi connectivity index (χ0) is 18.0. The third-order valence-corrected chi connectivity index (χ3v) is 5.01. The van der Waals surface area contributed by atoms with Crippen LogP contribution in [0.15, 0.2) is 24.3 Å². The summed E-state index contributed by atoms with van der Waals surface area (Å²) in [6.45, 7) is 4.43. The molecule has 0 aliphatic carbocycles. The minimum absolute atomic E-state index is 0.0587. The Morgan fingerprint density at radius 3 is 2.52 bits per heavy atom. The largest absolute Gasteiger partial charge is 0.497 e. The van der Waals surface area contributed by atoms with Crippen molar-refractivity contribution in [3.63, 3.8) is 0 Å². The second-order valence-corrected chi connectivity index (χ2v) is 7.22. The third kappa shape index (κ3) is 3.79. The van der Waals surface area contributed by atoms with Gasteiger partial charge in [0.2, 0.25) is 11.8 Å². The maximum absolute atomic E-state index is 12.7. The number of benzene rings is 1. The lowest BCUT2D eigenvalue weighted by Crippen LogP contribution is -2.57. The lowest BCUT2D eigenvalue weighted by atomic mass is 10.1. The fraction of sp³-hybridized carbons (Fsp3) is 0.412. The number of aromatic nitrogens is 2. The van der Waals surface area contributed by atoms with Gasteiger partial charge in [0.05, 0.1) is 13.7 Å². The Balaban J connectivity index is 1.68. The molecule has 1 aliphatic heterocycles. The van der Waals surface area contributed by atoms with Gasteiger partial charge < -0.3 is 14.5 Å². The molecule has 132 valence electrons. The van der Waals surface area contributed by atoms with Crippen LogP contribution < -0.4 is 4.74 Å². The predicted molar refractivity (Wildman–Crippen MR) is 93.1 cm³/mol. The highest BCUT2D eigenvalue weighted by atomic mass is 32.1. The Hall–Kier alpha value is -2.48. The molecule has 1 aromatic heterocycles. The summed E-state index contributed by atoms with van der Waals surface area (Å²) in [4.78, 5) is 28.4. The van der Waals surface area contributed by atoms with Crippen molar-refractivity contribution >= 4 is 23.2 Å². The smallest absolute Gasteiger partial charge is 0.245 e. The first kappa shape index (κ1) is 17.3. The molecule has 1 saturated heterocycles. The minimum atomic E-state index is -0.510. The summed E-state index contributed by atoms with van der Waals surface area (Å²) in [5.74, 6) is 0.627. The van der Waals surface area contributed by atoms with Crippen LogP contribution in [0.1, 0.15) is 22.5 Å². The number of carbonyl (C=O) groups excluding carboxylic acids is 2. The number of hydrogen-bond donors (Lipinski definition) is 0. The molecule has 25 heavy (non-hydrogen) atoms. The second kappa shape index (κ2) is 7.18. The number of methoxy groups -OCH3 is 1. The summed E-state index contributed by atoms with van der Waals surface area (Å²) >= 11 is 1.44. The normalized spacial score (nSPS) is 18.0. The highest BCUT2D eigenvalue weighted by Gasteiger charge is 2.36. The van der Waals surface area contributed by atoms with Gasteiger partial charge in [-0.2, -0.15) is 0 Å². The monoisotopic (exact) mass is 360 g/mol. The number of hydrogen-bond acceptors (Lipinski definition) is 6. The van der Waals surface area contributed by atoms with Gasteiger partial charge in [-0.1, -0.05) is 23.5 Å². The van der Waals surface area contributed by atoms with E-state index in [1.807, 2.05) is 31.2 Å². The van der Waals surface area contributed by atoms with Crippen LogP contribution in [-0.2, 0) is 22.7 Å². The molecular formula is C17H20N4O3S. The molecule has 1 aromatic carbocycles. The van der Waals surface area contributed by atoms with Crippen LogP contribution in [-0.4, -0.2) is 51.5 Å². The molecule has 0 N–H and O–H groups in total. The molecule has 3 rings (SSSR count). The quantitative estimate of drug-likeness (QED) is 0.810. The van der Waals surface area contributed by atoms with Crippen LogP contribution in [0.5, 0.6) is 5.75 Å². The van der Waals surface area contributed by atoms with E-state index in [-0.39, 0.29) is 18.4 Å². The van der Waals surface area contributed by atoms with Crippen molar-refractivity contribution in [2.75, 3.05) is 13.7 Å². The Morgan fingerprint density at radius 2 is 1.92 bits per heavy atom. The molecule has 1 atom stereocenters. The number of piperazine rings is 1. The van der Waals surface area contributed by atoms with Crippen molar-refractivity contribution in [2.24, 2.45) is 0 Å². The number of carbonyl (C=O) groups is 2. The van der Waals surface area contributed by atoms with E-state index < -0.39 is 6.04 Å². The lowest BCUT2D eigenvalue weighted by Gasteiger charge is -2.38. The Labute approximate surface area is 150 Å². The van der Waals surface area contributed by atoms with E-state index >= 15 is 0 Å². The molecule has 2 aromatic rings. The molecule has 7 nitrogen and oxygen atoms in total. The molecule has 0 saturated carbocycles. The first-order chi connectivity index (χ1) is 12.0. The maximum atomic E-state index is 12.7. The molecule has 0 unspecified atom stereocenters. The molecule has 8 heteroatoms. The van der Waals surface area contributed by atoms with Crippen molar-refractivity contribution in [1.29, 1.82) is 0 Å². The first-order valence-corrected chi connectivity index (χ1v) is 8.79. The SMILES string of the molecule is COc1ccc(CN2CC(=O)N(Cc3nnc(C)s3)[C@@H](C)C2=O)cc1. The topological polar surface area (TPSA) is 75.6 Å². The van der Waals surface area contributed by atoms with Crippen LogP contribution in [0.2, 0.25) is 0 Å². The fourth-order valence-electron chi connectivity index (χ4n) is 2.80. The highest BCUT2D eigenvalue weighted by molar-refractivity contribution is 7.11. The third-order valence-electron chi connectivity index (χ3n) is 4.19. The molecule has 0 spiro atoms. The van der Waals surface area contributed by atoms with Gasteiger partial charge >= 0.3 is 0 Å². The molecule has 1 aliphatic rings. The number of amides is 2. The van der Waals surface area contributed by atoms with Gasteiger partial charge in [0.1, 0.15) is 28.4 Å². The number of aryl methyl sites for hydroxylation is 1. The molecule has 2 amide bonds. The first-order valence-electron chi connectivity index (χ1n) is 7.98. The van der Waals surface area contributed by atoms with Gasteiger partial charge in [-0.15, -0.1) is 10.2 Å². The average Bonchev–Trinajstić information content (AvgIpc) is 3.02. The van der Waals surface area contributed by atoms with E-state index in [1.165, 1.54) is 11.3 Å². The lowest BCUT2D eigenvalue weighted by molar-refractivity contribution is -0.156. The summed E-state index contributed by atoms with van der Waals surface area (Å²) in [6, 6.07) is 6.98. The van der Waals surface area contributed by atoms with Crippen molar-refractivity contribution in [2.45, 2.75) is 33.0 Å². The van der Waals surface area contributed by atoms with Crippen LogP contribution in [0.4, 0.5) is 0 Å². The van der Waals surface area contributed by atoms with E-state index in [0.717, 1.165) is 21.3 Å². The Kier molecular flexibility index (Phi) is 4.98. The number of rotatable bonds is 5. The van der Waals surface area contributed by atoms with Gasteiger partial charge in [-0.05, 0) is 31.5 Å². The zero-order valence-corrected chi connectivity index (χ0v) is 15.2. The fourth-order valence-corrected chi connectivity index (χ4v) is 3.51. The molecular weight excluding hydrogens is 340 g/mol. The van der Waals surface area contributed by atoms with Crippen LogP contribution >= 0.6 is 11.3 Å². The molecule has 0 bridgehead atoms. The van der Waals surface area contributed by atoms with Gasteiger partial charge in [0.15, 0.2) is 0 Å². The van der Waals surface area contributed by atoms with E-state index in [9.17, 15) is 9.59 Å². The summed E-state index contributed by atoms with van der Waals surface area (Å²) in [5.41, 5.74) is 0.961. The van der Waals surface area contributed by atoms with Crippen molar-refractivity contribution in [1.82, 2.24) is 20.0 Å². The van der Waals surface area contributed by atoms with Crippen LogP contribution in [0, 0.1) is 6.92 Å². The number of nitrogens with zero attached hydrogens (tertiary/aromatic N) is 4. The van der Waals surface area contributed by atoms with Crippen LogP contribution in [0.3, 0.4) is 0 Å². The number of ether oxygens (including phenoxy) is 1. The second-order valence-electron chi connectivity index (χ2n) is 5.95. The van der Waals surface area contributed by atoms with Crippen molar-refractivity contribution in [3.05, 3.63) is 39.8 Å². The Bertz CT molecular complexity index is 774. The van der Waals surface area contributed by atoms with E-state index in [1.54, 1.807) is 23.8 Å². The average molecular weight is 360 g/mol. The Morgan fingerprint density at radius 1 is 1.20 bits per heavy atom. The highest BCUT2D eigenvalue weighted by Crippen LogP contribution is 2.20. The predicted octanol–water partition coefficient (Wildman–Crippen LogP) is 1.61. The summed E-state index contributed by atoms with van der Waals surface area (Å²) < 4.78 is 5.14. The summed E-state index contributed by atoms with van der Waals surface area (Å²) in [7, 11) is 1.61. The maximum Gasteiger partial charge on any atom is 0.245 e. The zero-order valence-electron chi connectivity index (χ0n) is 14.4. The van der Waals surface area contributed by atoms with Gasteiger partial charge in [-0.3, -0.25) is 9.59 Å². The van der Waals surface area contributed by atoms with Gasteiger partial charge in [0.25, 0.3) is 0 Å². The van der Waals surface area contributed by atoms with E-state index in [2.05, 4.69) is 10.2 Å². The van der Waals surface area contributed by atoms with Gasteiger partial charge in [-0.25, -0.2) is 0 Å². The molecule has 1 fully saturated rings. The molecule has 0 radical (unpaired) electrons. The minimum Gasteiger partial charge on any atom is -0.497 e. The summed E-state index contributed by atoms with van der Waals surface area (Å²) in [5, 5.41) is 9.60. The van der Waals surface area contributed by atoms with Crippen molar-refractivity contribution in [3.8, 4) is 5.75 Å². The molecule has 2 heterocycles. The van der Waals surface area contributed by atoms with Crippen LogP contribution in [0.25, 0.3) is 0 Å². The van der Waals surface area contributed by atoms with Gasteiger partial charge in [0, 0.05) is 6.54 Å².